The zero-order valence-electron chi connectivity index (χ0n) is 15.2. The molecule has 1 aliphatic rings. The fraction of sp³-hybridized carbons (Fsp3) is 0.722. The van der Waals surface area contributed by atoms with E-state index in [1.165, 1.54) is 25.8 Å². The van der Waals surface area contributed by atoms with Crippen molar-refractivity contribution in [1.82, 2.24) is 25.5 Å². The Morgan fingerprint density at radius 2 is 2.08 bits per heavy atom. The number of nitrogens with one attached hydrogen (secondary N) is 2. The predicted molar refractivity (Wildman–Crippen MR) is 95.6 cm³/mol. The Hall–Kier alpha value is -1.69. The molecule has 1 saturated heterocycles. The molecule has 1 aromatic rings. The Balaban J connectivity index is 1.59. The van der Waals surface area contributed by atoms with Crippen molar-refractivity contribution >= 4 is 6.03 Å². The van der Waals surface area contributed by atoms with E-state index >= 15 is 0 Å². The van der Waals surface area contributed by atoms with Crippen molar-refractivity contribution in [2.75, 3.05) is 26.2 Å². The predicted octanol–water partition coefficient (Wildman–Crippen LogP) is 2.34. The van der Waals surface area contributed by atoms with Crippen LogP contribution >= 0.6 is 0 Å². The SMILES string of the molecule is Cc1nccc(CNC(=O)NCC2CCN(CCC(C)C)CC2)n1. The Morgan fingerprint density at radius 3 is 2.75 bits per heavy atom. The van der Waals surface area contributed by atoms with Gasteiger partial charge in [-0.25, -0.2) is 14.8 Å². The second kappa shape index (κ2) is 9.57. The van der Waals surface area contributed by atoms with Gasteiger partial charge in [0.25, 0.3) is 0 Å². The smallest absolute Gasteiger partial charge is 0.315 e. The monoisotopic (exact) mass is 333 g/mol. The average molecular weight is 333 g/mol. The van der Waals surface area contributed by atoms with Crippen molar-refractivity contribution in [2.45, 2.75) is 46.6 Å². The Kier molecular flexibility index (Phi) is 7.43. The fourth-order valence-electron chi connectivity index (χ4n) is 2.93. The molecular formula is C18H31N5O. The van der Waals surface area contributed by atoms with Crippen LogP contribution in [0.25, 0.3) is 0 Å². The molecule has 0 radical (unpaired) electrons. The molecule has 134 valence electrons. The van der Waals surface area contributed by atoms with E-state index < -0.39 is 0 Å². The number of carbonyl (C=O) groups excluding carboxylic acids is 1. The standard InChI is InChI=1S/C18H31N5O/c1-14(2)5-9-23-10-6-16(7-11-23)12-20-18(24)21-13-17-4-8-19-15(3)22-17/h4,8,14,16H,5-7,9-13H2,1-3H3,(H2,20,21,24). The van der Waals surface area contributed by atoms with E-state index in [-0.39, 0.29) is 6.03 Å². The number of carbonyl (C=O) groups is 1. The molecule has 0 saturated carbocycles. The number of piperidine rings is 1. The summed E-state index contributed by atoms with van der Waals surface area (Å²) in [5, 5.41) is 5.85. The Bertz CT molecular complexity index is 512. The van der Waals surface area contributed by atoms with E-state index in [0.29, 0.717) is 12.5 Å². The molecule has 2 N–H and O–H groups in total. The minimum Gasteiger partial charge on any atom is -0.338 e. The number of aryl methyl sites for hydroxylation is 1. The zero-order valence-corrected chi connectivity index (χ0v) is 15.2. The first-order valence-corrected chi connectivity index (χ1v) is 9.05. The second-order valence-electron chi connectivity index (χ2n) is 7.13. The fourth-order valence-corrected chi connectivity index (χ4v) is 2.93. The molecule has 6 nitrogen and oxygen atoms in total. The highest BCUT2D eigenvalue weighted by Crippen LogP contribution is 2.17. The lowest BCUT2D eigenvalue weighted by Crippen LogP contribution is -2.42. The first-order chi connectivity index (χ1) is 11.5. The van der Waals surface area contributed by atoms with E-state index in [0.717, 1.165) is 37.1 Å². The molecule has 2 amide bonds. The van der Waals surface area contributed by atoms with Crippen molar-refractivity contribution in [3.8, 4) is 0 Å². The summed E-state index contributed by atoms with van der Waals surface area (Å²) in [7, 11) is 0. The van der Waals surface area contributed by atoms with E-state index in [4.69, 9.17) is 0 Å². The molecule has 2 heterocycles. The van der Waals surface area contributed by atoms with Gasteiger partial charge in [-0.2, -0.15) is 0 Å². The maximum absolute atomic E-state index is 11.9. The highest BCUT2D eigenvalue weighted by molar-refractivity contribution is 5.73. The lowest BCUT2D eigenvalue weighted by Gasteiger charge is -2.32. The van der Waals surface area contributed by atoms with Crippen LogP contribution in [0.2, 0.25) is 0 Å². The number of hydrogen-bond donors (Lipinski definition) is 2. The lowest BCUT2D eigenvalue weighted by atomic mass is 9.96. The van der Waals surface area contributed by atoms with Gasteiger partial charge < -0.3 is 15.5 Å². The summed E-state index contributed by atoms with van der Waals surface area (Å²) < 4.78 is 0. The van der Waals surface area contributed by atoms with Gasteiger partial charge in [0.1, 0.15) is 5.82 Å². The van der Waals surface area contributed by atoms with Gasteiger partial charge in [-0.3, -0.25) is 0 Å². The van der Waals surface area contributed by atoms with Crippen LogP contribution in [-0.4, -0.2) is 47.1 Å². The number of likely N-dealkylation sites (tertiary alicyclic amines) is 1. The third-order valence-electron chi connectivity index (χ3n) is 4.54. The summed E-state index contributed by atoms with van der Waals surface area (Å²) in [6, 6.07) is 1.70. The van der Waals surface area contributed by atoms with Crippen LogP contribution in [0.1, 0.15) is 44.6 Å². The quantitative estimate of drug-likeness (QED) is 0.803. The van der Waals surface area contributed by atoms with Crippen LogP contribution in [0, 0.1) is 18.8 Å². The van der Waals surface area contributed by atoms with E-state index in [9.17, 15) is 4.79 Å². The number of hydrogen-bond acceptors (Lipinski definition) is 4. The van der Waals surface area contributed by atoms with Gasteiger partial charge in [0.2, 0.25) is 0 Å². The maximum Gasteiger partial charge on any atom is 0.315 e. The summed E-state index contributed by atoms with van der Waals surface area (Å²) in [5.74, 6) is 2.08. The topological polar surface area (TPSA) is 70.2 Å². The minimum absolute atomic E-state index is 0.117. The van der Waals surface area contributed by atoms with Crippen LogP contribution in [0.15, 0.2) is 12.3 Å². The molecule has 1 aromatic heterocycles. The van der Waals surface area contributed by atoms with Gasteiger partial charge in [0, 0.05) is 12.7 Å². The zero-order chi connectivity index (χ0) is 17.4. The molecule has 24 heavy (non-hydrogen) atoms. The first-order valence-electron chi connectivity index (χ1n) is 9.05. The summed E-state index contributed by atoms with van der Waals surface area (Å²) >= 11 is 0. The van der Waals surface area contributed by atoms with E-state index in [2.05, 4.69) is 39.3 Å². The Morgan fingerprint density at radius 1 is 1.33 bits per heavy atom. The van der Waals surface area contributed by atoms with E-state index in [1.807, 2.05) is 13.0 Å². The van der Waals surface area contributed by atoms with Crippen LogP contribution in [0.3, 0.4) is 0 Å². The number of rotatable bonds is 7. The van der Waals surface area contributed by atoms with Gasteiger partial charge in [-0.1, -0.05) is 13.8 Å². The maximum atomic E-state index is 11.9. The number of amides is 2. The van der Waals surface area contributed by atoms with Crippen molar-refractivity contribution in [1.29, 1.82) is 0 Å². The third kappa shape index (κ3) is 6.83. The van der Waals surface area contributed by atoms with Crippen molar-refractivity contribution in [3.63, 3.8) is 0 Å². The molecule has 0 unspecified atom stereocenters. The molecule has 0 spiro atoms. The third-order valence-corrected chi connectivity index (χ3v) is 4.54. The molecule has 6 heteroatoms. The van der Waals surface area contributed by atoms with Gasteiger partial charge >= 0.3 is 6.03 Å². The van der Waals surface area contributed by atoms with E-state index in [1.54, 1.807) is 6.20 Å². The molecule has 0 aliphatic carbocycles. The summed E-state index contributed by atoms with van der Waals surface area (Å²) in [5.41, 5.74) is 0.830. The number of aromatic nitrogens is 2. The first kappa shape index (κ1) is 18.6. The molecule has 0 atom stereocenters. The normalized spacial score (nSPS) is 16.3. The Labute approximate surface area is 145 Å². The number of nitrogens with zero attached hydrogens (tertiary/aromatic N) is 3. The second-order valence-corrected chi connectivity index (χ2v) is 7.13. The van der Waals surface area contributed by atoms with Crippen LogP contribution < -0.4 is 10.6 Å². The molecule has 2 rings (SSSR count). The van der Waals surface area contributed by atoms with Crippen LogP contribution in [0.4, 0.5) is 4.79 Å². The highest BCUT2D eigenvalue weighted by atomic mass is 16.2. The van der Waals surface area contributed by atoms with Gasteiger partial charge in [0.05, 0.1) is 12.2 Å². The molecular weight excluding hydrogens is 302 g/mol. The van der Waals surface area contributed by atoms with Crippen molar-refractivity contribution in [3.05, 3.63) is 23.8 Å². The summed E-state index contributed by atoms with van der Waals surface area (Å²) in [4.78, 5) is 22.8. The minimum atomic E-state index is -0.117. The lowest BCUT2D eigenvalue weighted by molar-refractivity contribution is 0.174. The van der Waals surface area contributed by atoms with Crippen LogP contribution in [-0.2, 0) is 6.54 Å². The summed E-state index contributed by atoms with van der Waals surface area (Å²) in [6.07, 6.45) is 5.32. The molecule has 1 fully saturated rings. The number of urea groups is 1. The molecule has 1 aliphatic heterocycles. The average Bonchev–Trinajstić information content (AvgIpc) is 2.57. The van der Waals surface area contributed by atoms with Gasteiger partial charge in [-0.15, -0.1) is 0 Å². The van der Waals surface area contributed by atoms with Gasteiger partial charge in [-0.05, 0) is 63.7 Å². The largest absolute Gasteiger partial charge is 0.338 e. The highest BCUT2D eigenvalue weighted by Gasteiger charge is 2.19. The molecule has 0 bridgehead atoms. The van der Waals surface area contributed by atoms with Crippen LogP contribution in [0.5, 0.6) is 0 Å². The summed E-state index contributed by atoms with van der Waals surface area (Å²) in [6.45, 7) is 11.1. The van der Waals surface area contributed by atoms with Crippen molar-refractivity contribution < 1.29 is 4.79 Å². The molecule has 0 aromatic carbocycles. The van der Waals surface area contributed by atoms with Crippen molar-refractivity contribution in [2.24, 2.45) is 11.8 Å². The van der Waals surface area contributed by atoms with Gasteiger partial charge in [0.15, 0.2) is 0 Å².